The Labute approximate surface area is 115 Å². The minimum atomic E-state index is -0.102. The number of hydrogen-bond donors (Lipinski definition) is 0. The van der Waals surface area contributed by atoms with Crippen LogP contribution in [0.4, 0.5) is 4.79 Å². The molecule has 3 heteroatoms. The molecule has 0 spiro atoms. The lowest BCUT2D eigenvalue weighted by molar-refractivity contribution is 0.233. The van der Waals surface area contributed by atoms with Crippen molar-refractivity contribution in [1.29, 1.82) is 0 Å². The van der Waals surface area contributed by atoms with Crippen LogP contribution >= 0.6 is 15.9 Å². The highest BCUT2D eigenvalue weighted by atomic mass is 79.9. The number of amides is 1. The van der Waals surface area contributed by atoms with E-state index < -0.39 is 0 Å². The largest absolute Gasteiger partial charge is 0.332 e. The van der Waals surface area contributed by atoms with Gasteiger partial charge in [0, 0.05) is 29.5 Å². The predicted molar refractivity (Wildman–Crippen MR) is 77.7 cm³/mol. The van der Waals surface area contributed by atoms with Crippen LogP contribution in [0.25, 0.3) is 11.1 Å². The third kappa shape index (κ3) is 3.20. The van der Waals surface area contributed by atoms with E-state index in [-0.39, 0.29) is 4.82 Å². The Morgan fingerprint density at radius 3 is 2.11 bits per heavy atom. The summed E-state index contributed by atoms with van der Waals surface area (Å²) in [7, 11) is 1.77. The van der Waals surface area contributed by atoms with Crippen LogP contribution in [0.5, 0.6) is 0 Å². The number of rotatable bonds is 3. The second kappa shape index (κ2) is 5.83. The second-order valence-electron chi connectivity index (χ2n) is 4.17. The number of nitrogens with zero attached hydrogens (tertiary/aromatic N) is 1. The van der Waals surface area contributed by atoms with Crippen molar-refractivity contribution < 1.29 is 4.79 Å². The average molecular weight is 304 g/mol. The molecular formula is C15H14BrNO. The normalized spacial score (nSPS) is 10.1. The maximum Gasteiger partial charge on any atom is 0.289 e. The van der Waals surface area contributed by atoms with Crippen molar-refractivity contribution in [2.75, 3.05) is 7.05 Å². The van der Waals surface area contributed by atoms with Crippen LogP contribution in [0, 0.1) is 0 Å². The quantitative estimate of drug-likeness (QED) is 0.611. The molecule has 0 fully saturated rings. The summed E-state index contributed by atoms with van der Waals surface area (Å²) in [5, 5.41) is 0. The van der Waals surface area contributed by atoms with E-state index in [0.717, 1.165) is 5.56 Å². The Balaban J connectivity index is 2.13. The first-order valence-corrected chi connectivity index (χ1v) is 6.51. The average Bonchev–Trinajstić information content (AvgIpc) is 2.40. The molecule has 0 heterocycles. The van der Waals surface area contributed by atoms with Crippen LogP contribution in [0.15, 0.2) is 54.6 Å². The number of carbonyl (C=O) groups excluding carboxylic acids is 1. The van der Waals surface area contributed by atoms with Gasteiger partial charge in [-0.1, -0.05) is 54.6 Å². The summed E-state index contributed by atoms with van der Waals surface area (Å²) < 4.78 is 0. The fourth-order valence-corrected chi connectivity index (χ4v) is 1.89. The third-order valence-corrected chi connectivity index (χ3v) is 3.39. The maximum atomic E-state index is 11.1. The molecule has 0 unspecified atom stereocenters. The Morgan fingerprint density at radius 1 is 1.00 bits per heavy atom. The molecule has 0 radical (unpaired) electrons. The van der Waals surface area contributed by atoms with E-state index in [0.29, 0.717) is 6.54 Å². The number of benzene rings is 2. The van der Waals surface area contributed by atoms with Gasteiger partial charge in [0.25, 0.3) is 4.82 Å². The molecule has 2 aromatic carbocycles. The van der Waals surface area contributed by atoms with E-state index in [1.807, 2.05) is 18.2 Å². The van der Waals surface area contributed by atoms with Gasteiger partial charge < -0.3 is 4.90 Å². The van der Waals surface area contributed by atoms with Crippen molar-refractivity contribution in [2.24, 2.45) is 0 Å². The molecule has 0 saturated heterocycles. The van der Waals surface area contributed by atoms with Crippen molar-refractivity contribution in [3.8, 4) is 11.1 Å². The highest BCUT2D eigenvalue weighted by molar-refractivity contribution is 9.18. The molecule has 18 heavy (non-hydrogen) atoms. The molecule has 0 bridgehead atoms. The van der Waals surface area contributed by atoms with Crippen LogP contribution < -0.4 is 0 Å². The molecule has 2 rings (SSSR count). The number of halogens is 1. The predicted octanol–water partition coefficient (Wildman–Crippen LogP) is 4.30. The van der Waals surface area contributed by atoms with Crippen molar-refractivity contribution >= 4 is 20.7 Å². The van der Waals surface area contributed by atoms with Crippen molar-refractivity contribution in [3.05, 3.63) is 60.2 Å². The summed E-state index contributed by atoms with van der Waals surface area (Å²) in [6.07, 6.45) is 0. The monoisotopic (exact) mass is 303 g/mol. The van der Waals surface area contributed by atoms with Crippen LogP contribution in [-0.4, -0.2) is 16.8 Å². The van der Waals surface area contributed by atoms with E-state index in [1.165, 1.54) is 11.1 Å². The first-order valence-electron chi connectivity index (χ1n) is 5.72. The van der Waals surface area contributed by atoms with Crippen molar-refractivity contribution in [2.45, 2.75) is 6.54 Å². The van der Waals surface area contributed by atoms with Gasteiger partial charge in [-0.15, -0.1) is 0 Å². The third-order valence-electron chi connectivity index (χ3n) is 2.78. The Morgan fingerprint density at radius 2 is 1.56 bits per heavy atom. The molecule has 0 atom stereocenters. The molecule has 0 aromatic heterocycles. The van der Waals surface area contributed by atoms with Crippen LogP contribution in [0.2, 0.25) is 0 Å². The lowest BCUT2D eigenvalue weighted by Crippen LogP contribution is -2.19. The molecule has 1 amide bonds. The lowest BCUT2D eigenvalue weighted by Gasteiger charge is -2.13. The van der Waals surface area contributed by atoms with E-state index in [4.69, 9.17) is 0 Å². The summed E-state index contributed by atoms with van der Waals surface area (Å²) in [5.74, 6) is 0. The van der Waals surface area contributed by atoms with Crippen molar-refractivity contribution in [1.82, 2.24) is 4.90 Å². The highest BCUT2D eigenvalue weighted by Crippen LogP contribution is 2.19. The summed E-state index contributed by atoms with van der Waals surface area (Å²) in [6.45, 7) is 0.610. The molecule has 2 nitrogen and oxygen atoms in total. The smallest absolute Gasteiger partial charge is 0.289 e. The fraction of sp³-hybridized carbons (Fsp3) is 0.133. The number of carbonyl (C=O) groups is 1. The zero-order chi connectivity index (χ0) is 13.0. The molecule has 2 aromatic rings. The zero-order valence-corrected chi connectivity index (χ0v) is 11.7. The van der Waals surface area contributed by atoms with Crippen molar-refractivity contribution in [3.63, 3.8) is 0 Å². The molecule has 0 aliphatic rings. The summed E-state index contributed by atoms with van der Waals surface area (Å²) in [4.78, 5) is 12.6. The highest BCUT2D eigenvalue weighted by Gasteiger charge is 2.04. The SMILES string of the molecule is CN(Cc1ccc(-c2ccccc2)cc1)C(=O)Br. The molecule has 0 aliphatic carbocycles. The maximum absolute atomic E-state index is 11.1. The van der Waals surface area contributed by atoms with Gasteiger partial charge in [-0.2, -0.15) is 0 Å². The Kier molecular flexibility index (Phi) is 4.15. The topological polar surface area (TPSA) is 20.3 Å². The van der Waals surface area contributed by atoms with Gasteiger partial charge in [0.15, 0.2) is 0 Å². The molecule has 0 aliphatic heterocycles. The fourth-order valence-electron chi connectivity index (χ4n) is 1.77. The van der Waals surface area contributed by atoms with Gasteiger partial charge in [0.1, 0.15) is 0 Å². The van der Waals surface area contributed by atoms with Gasteiger partial charge in [-0.3, -0.25) is 4.79 Å². The van der Waals surface area contributed by atoms with E-state index in [1.54, 1.807) is 11.9 Å². The second-order valence-corrected chi connectivity index (χ2v) is 4.85. The van der Waals surface area contributed by atoms with Gasteiger partial charge in [-0.25, -0.2) is 0 Å². The van der Waals surface area contributed by atoms with Crippen LogP contribution in [-0.2, 0) is 6.54 Å². The Bertz CT molecular complexity index is 522. The summed E-state index contributed by atoms with van der Waals surface area (Å²) in [5.41, 5.74) is 3.51. The van der Waals surface area contributed by atoms with Crippen LogP contribution in [0.3, 0.4) is 0 Å². The molecular weight excluding hydrogens is 290 g/mol. The summed E-state index contributed by atoms with van der Waals surface area (Å²) >= 11 is 2.94. The molecule has 0 saturated carbocycles. The van der Waals surface area contributed by atoms with E-state index in [2.05, 4.69) is 52.3 Å². The number of hydrogen-bond acceptors (Lipinski definition) is 1. The molecule has 0 N–H and O–H groups in total. The van der Waals surface area contributed by atoms with Gasteiger partial charge >= 0.3 is 0 Å². The van der Waals surface area contributed by atoms with Gasteiger partial charge in [-0.05, 0) is 16.7 Å². The first kappa shape index (κ1) is 12.8. The van der Waals surface area contributed by atoms with Gasteiger partial charge in [0.05, 0.1) is 0 Å². The zero-order valence-electron chi connectivity index (χ0n) is 10.1. The molecule has 92 valence electrons. The lowest BCUT2D eigenvalue weighted by atomic mass is 10.0. The minimum Gasteiger partial charge on any atom is -0.332 e. The van der Waals surface area contributed by atoms with E-state index in [9.17, 15) is 4.79 Å². The van der Waals surface area contributed by atoms with Crippen LogP contribution in [0.1, 0.15) is 5.56 Å². The van der Waals surface area contributed by atoms with E-state index >= 15 is 0 Å². The Hall–Kier alpha value is -1.61. The standard InChI is InChI=1S/C15H14BrNO/c1-17(15(16)18)11-12-7-9-14(10-8-12)13-5-3-2-4-6-13/h2-10H,11H2,1H3. The summed E-state index contributed by atoms with van der Waals surface area (Å²) in [6, 6.07) is 18.5. The van der Waals surface area contributed by atoms with Gasteiger partial charge in [0.2, 0.25) is 0 Å². The minimum absolute atomic E-state index is 0.102. The first-order chi connectivity index (χ1) is 8.66.